The van der Waals surface area contributed by atoms with Gasteiger partial charge in [-0.1, -0.05) is 6.08 Å². The van der Waals surface area contributed by atoms with E-state index in [2.05, 4.69) is 9.47 Å². The molecule has 0 fully saturated rings. The van der Waals surface area contributed by atoms with E-state index in [0.717, 1.165) is 6.08 Å². The van der Waals surface area contributed by atoms with Crippen molar-refractivity contribution in [3.8, 4) is 0 Å². The highest BCUT2D eigenvalue weighted by atomic mass is 16.6. The first-order chi connectivity index (χ1) is 6.65. The maximum atomic E-state index is 10.9. The molecule has 0 radical (unpaired) electrons. The van der Waals surface area contributed by atoms with Crippen LogP contribution in [-0.2, 0) is 23.8 Å². The number of hydrogen-bond acceptors (Lipinski definition) is 5. The molecule has 0 saturated carbocycles. The quantitative estimate of drug-likeness (QED) is 0.285. The third kappa shape index (κ3) is 4.30. The lowest BCUT2D eigenvalue weighted by molar-refractivity contribution is -0.139. The monoisotopic (exact) mass is 200 g/mol. The number of allylic oxidation sites excluding steroid dienone is 2. The smallest absolute Gasteiger partial charge is 0.373 e. The van der Waals surface area contributed by atoms with Gasteiger partial charge in [-0.15, -0.1) is 0 Å². The van der Waals surface area contributed by atoms with E-state index >= 15 is 0 Å². The Kier molecular flexibility index (Phi) is 5.85. The van der Waals surface area contributed by atoms with Gasteiger partial charge in [-0.25, -0.2) is 9.59 Å². The Morgan fingerprint density at radius 1 is 1.00 bits per heavy atom. The fourth-order valence-electron chi connectivity index (χ4n) is 0.602. The van der Waals surface area contributed by atoms with Gasteiger partial charge >= 0.3 is 11.9 Å². The van der Waals surface area contributed by atoms with Crippen molar-refractivity contribution in [3.05, 3.63) is 24.0 Å². The SMILES string of the molecule is COC(=O)/C=C/C=C(\OC)C(=O)OC. The van der Waals surface area contributed by atoms with Gasteiger partial charge in [0.05, 0.1) is 21.3 Å². The summed E-state index contributed by atoms with van der Waals surface area (Å²) in [6.07, 6.45) is 3.80. The zero-order valence-corrected chi connectivity index (χ0v) is 8.27. The molecule has 0 spiro atoms. The van der Waals surface area contributed by atoms with Crippen molar-refractivity contribution in [3.63, 3.8) is 0 Å². The number of hydrogen-bond donors (Lipinski definition) is 0. The van der Waals surface area contributed by atoms with Crippen molar-refractivity contribution in [1.82, 2.24) is 0 Å². The Morgan fingerprint density at radius 3 is 2.07 bits per heavy atom. The summed E-state index contributed by atoms with van der Waals surface area (Å²) in [6, 6.07) is 0. The van der Waals surface area contributed by atoms with Crippen LogP contribution in [0.3, 0.4) is 0 Å². The minimum absolute atomic E-state index is 0.00709. The summed E-state index contributed by atoms with van der Waals surface area (Å²) >= 11 is 0. The highest BCUT2D eigenvalue weighted by molar-refractivity contribution is 5.87. The van der Waals surface area contributed by atoms with Gasteiger partial charge < -0.3 is 14.2 Å². The first-order valence-corrected chi connectivity index (χ1v) is 3.74. The zero-order valence-electron chi connectivity index (χ0n) is 8.27. The van der Waals surface area contributed by atoms with Crippen molar-refractivity contribution in [2.45, 2.75) is 0 Å². The van der Waals surface area contributed by atoms with E-state index in [-0.39, 0.29) is 5.76 Å². The Balaban J connectivity index is 4.39. The molecule has 0 atom stereocenters. The molecule has 0 saturated heterocycles. The Labute approximate surface area is 81.9 Å². The first kappa shape index (κ1) is 12.2. The molecule has 0 aromatic carbocycles. The van der Waals surface area contributed by atoms with Gasteiger partial charge in [-0.2, -0.15) is 0 Å². The Morgan fingerprint density at radius 2 is 1.64 bits per heavy atom. The molecule has 0 aliphatic rings. The van der Waals surface area contributed by atoms with Crippen LogP contribution < -0.4 is 0 Å². The molecule has 0 aliphatic carbocycles. The molecule has 78 valence electrons. The van der Waals surface area contributed by atoms with Crippen molar-refractivity contribution in [2.24, 2.45) is 0 Å². The van der Waals surface area contributed by atoms with Gasteiger partial charge in [0.25, 0.3) is 0 Å². The molecule has 5 nitrogen and oxygen atoms in total. The van der Waals surface area contributed by atoms with Crippen LogP contribution in [0.1, 0.15) is 0 Å². The molecule has 0 N–H and O–H groups in total. The van der Waals surface area contributed by atoms with Gasteiger partial charge in [-0.3, -0.25) is 0 Å². The summed E-state index contributed by atoms with van der Waals surface area (Å²) in [5.41, 5.74) is 0. The van der Waals surface area contributed by atoms with E-state index in [1.807, 2.05) is 0 Å². The molecule has 0 aromatic heterocycles. The summed E-state index contributed by atoms with van der Waals surface area (Å²) in [5, 5.41) is 0. The average molecular weight is 200 g/mol. The van der Waals surface area contributed by atoms with E-state index in [4.69, 9.17) is 4.74 Å². The lowest BCUT2D eigenvalue weighted by atomic mass is 10.4. The summed E-state index contributed by atoms with van der Waals surface area (Å²) in [7, 11) is 3.82. The number of esters is 2. The summed E-state index contributed by atoms with van der Waals surface area (Å²) in [4.78, 5) is 21.5. The topological polar surface area (TPSA) is 61.8 Å². The number of carbonyl (C=O) groups is 2. The number of methoxy groups -OCH3 is 3. The molecule has 0 rings (SSSR count). The summed E-state index contributed by atoms with van der Waals surface area (Å²) in [5.74, 6) is -1.11. The van der Waals surface area contributed by atoms with Crippen LogP contribution in [0.25, 0.3) is 0 Å². The average Bonchev–Trinajstić information content (AvgIpc) is 2.22. The molecule has 0 heterocycles. The predicted octanol–water partition coefficient (Wildman–Crippen LogP) is 0.419. The van der Waals surface area contributed by atoms with E-state index in [1.54, 1.807) is 0 Å². The van der Waals surface area contributed by atoms with Crippen molar-refractivity contribution >= 4 is 11.9 Å². The maximum absolute atomic E-state index is 10.9. The van der Waals surface area contributed by atoms with E-state index < -0.39 is 11.9 Å². The molecule has 14 heavy (non-hydrogen) atoms. The second-order valence-electron chi connectivity index (χ2n) is 2.11. The third-order valence-electron chi connectivity index (χ3n) is 1.29. The number of rotatable bonds is 4. The molecule has 5 heteroatoms. The summed E-state index contributed by atoms with van der Waals surface area (Å²) in [6.45, 7) is 0. The standard InChI is InChI=1S/C9H12O5/c1-12-7(9(11)14-3)5-4-6-8(10)13-2/h4-6H,1-3H3/b6-4+,7-5-. The molecule has 0 aliphatic heterocycles. The van der Waals surface area contributed by atoms with Crippen LogP contribution in [0.5, 0.6) is 0 Å². The highest BCUT2D eigenvalue weighted by Gasteiger charge is 2.07. The van der Waals surface area contributed by atoms with Crippen LogP contribution in [0, 0.1) is 0 Å². The Hall–Kier alpha value is -1.78. The lowest BCUT2D eigenvalue weighted by Gasteiger charge is -2.00. The maximum Gasteiger partial charge on any atom is 0.373 e. The van der Waals surface area contributed by atoms with Crippen LogP contribution in [-0.4, -0.2) is 33.3 Å². The molecule has 0 aromatic rings. The molecule has 0 amide bonds. The van der Waals surface area contributed by atoms with Gasteiger partial charge in [0.15, 0.2) is 0 Å². The van der Waals surface area contributed by atoms with Crippen LogP contribution in [0.15, 0.2) is 24.0 Å². The van der Waals surface area contributed by atoms with Crippen molar-refractivity contribution < 1.29 is 23.8 Å². The minimum Gasteiger partial charge on any atom is -0.490 e. The molecular formula is C9H12O5. The van der Waals surface area contributed by atoms with E-state index in [0.29, 0.717) is 0 Å². The van der Waals surface area contributed by atoms with Crippen LogP contribution >= 0.6 is 0 Å². The number of ether oxygens (including phenoxy) is 3. The lowest BCUT2D eigenvalue weighted by Crippen LogP contribution is -2.05. The Bertz CT molecular complexity index is 264. The van der Waals surface area contributed by atoms with Gasteiger partial charge in [0.1, 0.15) is 0 Å². The zero-order chi connectivity index (χ0) is 11.0. The van der Waals surface area contributed by atoms with E-state index in [1.165, 1.54) is 33.5 Å². The molecular weight excluding hydrogens is 188 g/mol. The second kappa shape index (κ2) is 6.71. The van der Waals surface area contributed by atoms with Gasteiger partial charge in [-0.05, 0) is 6.08 Å². The van der Waals surface area contributed by atoms with Crippen molar-refractivity contribution in [1.29, 1.82) is 0 Å². The van der Waals surface area contributed by atoms with Crippen LogP contribution in [0.4, 0.5) is 0 Å². The van der Waals surface area contributed by atoms with Gasteiger partial charge in [0, 0.05) is 6.08 Å². The van der Waals surface area contributed by atoms with Crippen molar-refractivity contribution in [2.75, 3.05) is 21.3 Å². The second-order valence-corrected chi connectivity index (χ2v) is 2.11. The summed E-state index contributed by atoms with van der Waals surface area (Å²) < 4.78 is 13.4. The van der Waals surface area contributed by atoms with Crippen LogP contribution in [0.2, 0.25) is 0 Å². The normalized spacial score (nSPS) is 11.2. The third-order valence-corrected chi connectivity index (χ3v) is 1.29. The molecule has 0 bridgehead atoms. The predicted molar refractivity (Wildman–Crippen MR) is 48.3 cm³/mol. The van der Waals surface area contributed by atoms with Gasteiger partial charge in [0.2, 0.25) is 5.76 Å². The number of carbonyl (C=O) groups excluding carboxylic acids is 2. The first-order valence-electron chi connectivity index (χ1n) is 3.74. The molecule has 0 unspecified atom stereocenters. The minimum atomic E-state index is -0.609. The largest absolute Gasteiger partial charge is 0.490 e. The fourth-order valence-corrected chi connectivity index (χ4v) is 0.602. The van der Waals surface area contributed by atoms with E-state index in [9.17, 15) is 9.59 Å². The fraction of sp³-hybridized carbons (Fsp3) is 0.333. The highest BCUT2D eigenvalue weighted by Crippen LogP contribution is 1.98.